The molecule has 0 saturated carbocycles. The van der Waals surface area contributed by atoms with Gasteiger partial charge in [-0.05, 0) is 67.8 Å². The molecule has 0 aromatic heterocycles. The molecule has 5 heteroatoms. The Morgan fingerprint density at radius 1 is 0.771 bits per heavy atom. The van der Waals surface area contributed by atoms with E-state index < -0.39 is 17.5 Å². The van der Waals surface area contributed by atoms with Crippen molar-refractivity contribution in [1.82, 2.24) is 4.90 Å². The van der Waals surface area contributed by atoms with Crippen molar-refractivity contribution in [2.24, 2.45) is 5.41 Å². The minimum atomic E-state index is -0.748. The van der Waals surface area contributed by atoms with Gasteiger partial charge in [0.1, 0.15) is 0 Å². The largest absolute Gasteiger partial charge is 0.421 e. The van der Waals surface area contributed by atoms with Crippen LogP contribution in [0.25, 0.3) is 32.7 Å². The zero-order valence-electron chi connectivity index (χ0n) is 20.9. The topological polar surface area (TPSA) is 55.8 Å². The van der Waals surface area contributed by atoms with Gasteiger partial charge in [-0.1, -0.05) is 66.7 Å². The van der Waals surface area contributed by atoms with Gasteiger partial charge in [0, 0.05) is 18.7 Å². The summed E-state index contributed by atoms with van der Waals surface area (Å²) in [5, 5.41) is 3.87. The third kappa shape index (κ3) is 4.85. The van der Waals surface area contributed by atoms with Crippen LogP contribution in [0, 0.1) is 5.41 Å². The summed E-state index contributed by atoms with van der Waals surface area (Å²) in [5.74, 6) is 0.0658. The third-order valence-corrected chi connectivity index (χ3v) is 6.05. The maximum Gasteiger partial charge on any atom is 0.415 e. The second-order valence-electron chi connectivity index (χ2n) is 9.51. The minimum absolute atomic E-state index is 0.223. The number of amides is 1. The van der Waals surface area contributed by atoms with Crippen LogP contribution in [-0.4, -0.2) is 30.1 Å². The molecule has 35 heavy (non-hydrogen) atoms. The van der Waals surface area contributed by atoms with E-state index in [2.05, 4.69) is 0 Å². The van der Waals surface area contributed by atoms with Crippen molar-refractivity contribution in [3.63, 3.8) is 0 Å². The molecular formula is C30H31NO4. The predicted octanol–water partition coefficient (Wildman–Crippen LogP) is 7.45. The van der Waals surface area contributed by atoms with Gasteiger partial charge in [0.2, 0.25) is 0 Å². The Bertz CT molecular complexity index is 1390. The number of hydrogen-bond donors (Lipinski definition) is 0. The molecule has 0 saturated heterocycles. The van der Waals surface area contributed by atoms with Crippen molar-refractivity contribution in [2.75, 3.05) is 13.1 Å². The lowest BCUT2D eigenvalue weighted by Gasteiger charge is -2.24. The first kappa shape index (κ1) is 24.3. The van der Waals surface area contributed by atoms with Gasteiger partial charge in [0.25, 0.3) is 0 Å². The summed E-state index contributed by atoms with van der Waals surface area (Å²) in [6.07, 6.45) is -0.484. The van der Waals surface area contributed by atoms with Gasteiger partial charge in [0.15, 0.2) is 11.5 Å². The van der Waals surface area contributed by atoms with Crippen molar-refractivity contribution in [1.29, 1.82) is 0 Å². The van der Waals surface area contributed by atoms with Crippen LogP contribution < -0.4 is 9.47 Å². The molecule has 0 heterocycles. The first-order chi connectivity index (χ1) is 16.7. The lowest BCUT2D eigenvalue weighted by atomic mass is 9.92. The van der Waals surface area contributed by atoms with Crippen molar-refractivity contribution in [3.05, 3.63) is 72.8 Å². The Labute approximate surface area is 206 Å². The summed E-state index contributed by atoms with van der Waals surface area (Å²) in [4.78, 5) is 27.7. The second kappa shape index (κ2) is 9.79. The predicted molar refractivity (Wildman–Crippen MR) is 141 cm³/mol. The molecule has 0 bridgehead atoms. The number of carbonyl (C=O) groups excluding carboxylic acids is 2. The summed E-state index contributed by atoms with van der Waals surface area (Å²) in [7, 11) is 0. The number of fused-ring (bicyclic) bond motifs is 2. The Kier molecular flexibility index (Phi) is 6.79. The standard InChI is InChI=1S/C30H31NO4/c1-6-31(7-2)29(33)34-25-19-21-14-9-11-17-23(21)26(27(25)35-28(32)30(3,4)5)24-18-12-15-20-13-8-10-16-22(20)24/h8-19H,6-7H2,1-5H3. The molecule has 0 unspecified atom stereocenters. The van der Waals surface area contributed by atoms with E-state index in [9.17, 15) is 9.59 Å². The molecule has 0 aliphatic rings. The normalized spacial score (nSPS) is 11.5. The average molecular weight is 470 g/mol. The average Bonchev–Trinajstić information content (AvgIpc) is 2.84. The van der Waals surface area contributed by atoms with Crippen molar-refractivity contribution >= 4 is 33.6 Å². The van der Waals surface area contributed by atoms with Crippen molar-refractivity contribution in [2.45, 2.75) is 34.6 Å². The SMILES string of the molecule is CCN(CC)C(=O)Oc1cc2ccccc2c(-c2cccc3ccccc23)c1OC(=O)C(C)(C)C. The number of esters is 1. The third-order valence-electron chi connectivity index (χ3n) is 6.05. The highest BCUT2D eigenvalue weighted by molar-refractivity contribution is 6.09. The highest BCUT2D eigenvalue weighted by Gasteiger charge is 2.29. The Hall–Kier alpha value is -3.86. The number of rotatable bonds is 5. The maximum absolute atomic E-state index is 13.1. The summed E-state index contributed by atoms with van der Waals surface area (Å²) < 4.78 is 12.0. The van der Waals surface area contributed by atoms with E-state index in [1.165, 1.54) is 0 Å². The smallest absolute Gasteiger partial charge is 0.415 e. The molecule has 0 aliphatic carbocycles. The van der Waals surface area contributed by atoms with Gasteiger partial charge >= 0.3 is 12.1 Å². The van der Waals surface area contributed by atoms with E-state index in [0.717, 1.165) is 32.7 Å². The lowest BCUT2D eigenvalue weighted by Crippen LogP contribution is -2.33. The fourth-order valence-corrected chi connectivity index (χ4v) is 4.08. The van der Waals surface area contributed by atoms with E-state index in [1.54, 1.807) is 31.7 Å². The molecule has 4 aromatic rings. The molecule has 0 fully saturated rings. The van der Waals surface area contributed by atoms with Gasteiger partial charge in [-0.15, -0.1) is 0 Å². The van der Waals surface area contributed by atoms with Crippen molar-refractivity contribution in [3.8, 4) is 22.6 Å². The number of ether oxygens (including phenoxy) is 2. The Balaban J connectivity index is 2.05. The molecule has 180 valence electrons. The maximum atomic E-state index is 13.1. The van der Waals surface area contributed by atoms with Crippen LogP contribution in [0.3, 0.4) is 0 Å². The first-order valence-electron chi connectivity index (χ1n) is 12.0. The van der Waals surface area contributed by atoms with Crippen molar-refractivity contribution < 1.29 is 19.1 Å². The molecule has 5 nitrogen and oxygen atoms in total. The number of benzene rings is 4. The molecule has 0 spiro atoms. The van der Waals surface area contributed by atoms with Crippen LogP contribution >= 0.6 is 0 Å². The summed E-state index contributed by atoms with van der Waals surface area (Å²) in [6.45, 7) is 10.2. The summed E-state index contributed by atoms with van der Waals surface area (Å²) in [6, 6.07) is 23.7. The molecule has 1 amide bonds. The molecule has 0 radical (unpaired) electrons. The zero-order chi connectivity index (χ0) is 25.2. The van der Waals surface area contributed by atoms with Gasteiger partial charge in [-0.25, -0.2) is 4.79 Å². The minimum Gasteiger partial charge on any atom is -0.421 e. The Morgan fingerprint density at radius 2 is 1.37 bits per heavy atom. The van der Waals surface area contributed by atoms with Crippen LogP contribution in [-0.2, 0) is 4.79 Å². The molecule has 4 aromatic carbocycles. The van der Waals surface area contributed by atoms with Gasteiger partial charge < -0.3 is 14.4 Å². The molecule has 4 rings (SSSR count). The van der Waals surface area contributed by atoms with E-state index in [-0.39, 0.29) is 11.5 Å². The van der Waals surface area contributed by atoms with Gasteiger partial charge in [0.05, 0.1) is 5.41 Å². The monoisotopic (exact) mass is 469 g/mol. The van der Waals surface area contributed by atoms with E-state index in [4.69, 9.17) is 9.47 Å². The molecule has 0 atom stereocenters. The highest BCUT2D eigenvalue weighted by atomic mass is 16.6. The number of hydrogen-bond acceptors (Lipinski definition) is 4. The highest BCUT2D eigenvalue weighted by Crippen LogP contribution is 2.47. The van der Waals surface area contributed by atoms with Gasteiger partial charge in [-0.2, -0.15) is 0 Å². The number of carbonyl (C=O) groups is 2. The van der Waals surface area contributed by atoms with Crippen LogP contribution in [0.1, 0.15) is 34.6 Å². The molecule has 0 aliphatic heterocycles. The fraction of sp³-hybridized carbons (Fsp3) is 0.267. The molecule has 0 N–H and O–H groups in total. The molecular weight excluding hydrogens is 438 g/mol. The fourth-order valence-electron chi connectivity index (χ4n) is 4.08. The summed E-state index contributed by atoms with van der Waals surface area (Å²) >= 11 is 0. The second-order valence-corrected chi connectivity index (χ2v) is 9.51. The van der Waals surface area contributed by atoms with Gasteiger partial charge in [-0.3, -0.25) is 4.79 Å². The van der Waals surface area contributed by atoms with Crippen LogP contribution in [0.15, 0.2) is 72.8 Å². The quantitative estimate of drug-likeness (QED) is 0.225. The van der Waals surface area contributed by atoms with E-state index in [1.807, 2.05) is 80.6 Å². The lowest BCUT2D eigenvalue weighted by molar-refractivity contribution is -0.143. The van der Waals surface area contributed by atoms with E-state index >= 15 is 0 Å². The summed E-state index contributed by atoms with van der Waals surface area (Å²) in [5.41, 5.74) is 0.874. The van der Waals surface area contributed by atoms with Crippen LogP contribution in [0.5, 0.6) is 11.5 Å². The zero-order valence-corrected chi connectivity index (χ0v) is 20.9. The van der Waals surface area contributed by atoms with Crippen LogP contribution in [0.2, 0.25) is 0 Å². The first-order valence-corrected chi connectivity index (χ1v) is 12.0. The van der Waals surface area contributed by atoms with Crippen LogP contribution in [0.4, 0.5) is 4.79 Å². The number of nitrogens with zero attached hydrogens (tertiary/aromatic N) is 1. The Morgan fingerprint density at radius 3 is 2.03 bits per heavy atom. The van der Waals surface area contributed by atoms with E-state index in [0.29, 0.717) is 13.1 Å².